The molecule has 0 bridgehead atoms. The Morgan fingerprint density at radius 3 is 2.48 bits per heavy atom. The molecule has 1 aromatic heterocycles. The minimum absolute atomic E-state index is 0.119. The fraction of sp³-hybridized carbons (Fsp3) is 0.333. The van der Waals surface area contributed by atoms with Gasteiger partial charge in [0.2, 0.25) is 0 Å². The molecule has 0 amide bonds. The minimum atomic E-state index is -0.961. The van der Waals surface area contributed by atoms with Crippen LogP contribution in [0, 0.1) is 28.9 Å². The largest absolute Gasteiger partial charge is 0.398 e. The molecule has 0 radical (unpaired) electrons. The molecule has 242 valence electrons. The van der Waals surface area contributed by atoms with E-state index in [1.807, 2.05) is 63.3 Å². The molecule has 46 heavy (non-hydrogen) atoms. The van der Waals surface area contributed by atoms with E-state index in [2.05, 4.69) is 27.2 Å². The van der Waals surface area contributed by atoms with Crippen LogP contribution in [0.5, 0.6) is 0 Å². The lowest BCUT2D eigenvalue weighted by Crippen LogP contribution is -2.14. The van der Waals surface area contributed by atoms with Crippen molar-refractivity contribution < 1.29 is 8.78 Å². The molecule has 0 spiro atoms. The number of nitriles is 1. The zero-order valence-electron chi connectivity index (χ0n) is 26.9. The van der Waals surface area contributed by atoms with Crippen LogP contribution in [-0.2, 0) is 6.54 Å². The summed E-state index contributed by atoms with van der Waals surface area (Å²) in [6.07, 6.45) is 8.79. The number of aliphatic imine (C=N–C) groups is 1. The maximum absolute atomic E-state index is 14.1. The Hall–Kier alpha value is -4.72. The summed E-state index contributed by atoms with van der Waals surface area (Å²) >= 11 is 0. The van der Waals surface area contributed by atoms with Crippen molar-refractivity contribution in [2.45, 2.75) is 53.0 Å². The molecule has 8 nitrogen and oxygen atoms in total. The second-order valence-electron chi connectivity index (χ2n) is 10.8. The average molecular weight is 627 g/mol. The summed E-state index contributed by atoms with van der Waals surface area (Å²) in [6.45, 7) is 13.0. The van der Waals surface area contributed by atoms with Crippen molar-refractivity contribution in [2.24, 2.45) is 22.4 Å². The van der Waals surface area contributed by atoms with E-state index in [9.17, 15) is 14.0 Å². The molecule has 2 heterocycles. The highest BCUT2D eigenvalue weighted by Gasteiger charge is 2.18. The zero-order valence-corrected chi connectivity index (χ0v) is 26.9. The third kappa shape index (κ3) is 10.2. The Morgan fingerprint density at radius 1 is 1.17 bits per heavy atom. The second kappa shape index (κ2) is 18.3. The molecule has 1 atom stereocenters. The minimum Gasteiger partial charge on any atom is -0.398 e. The molecule has 1 fully saturated rings. The molecule has 1 saturated heterocycles. The normalized spacial score (nSPS) is 15.2. The summed E-state index contributed by atoms with van der Waals surface area (Å²) in [5.41, 5.74) is 16.5. The Balaban J connectivity index is 0.00000185. The van der Waals surface area contributed by atoms with Crippen LogP contribution in [0.3, 0.4) is 0 Å². The molecule has 4 rings (SSSR count). The van der Waals surface area contributed by atoms with Crippen LogP contribution in [0.2, 0.25) is 0 Å². The van der Waals surface area contributed by atoms with Gasteiger partial charge in [0.25, 0.3) is 0 Å². The Bertz CT molecular complexity index is 1600. The first kappa shape index (κ1) is 35.8. The van der Waals surface area contributed by atoms with Gasteiger partial charge in [-0.05, 0) is 87.0 Å². The number of halogens is 2. The Morgan fingerprint density at radius 2 is 1.89 bits per heavy atom. The van der Waals surface area contributed by atoms with Crippen molar-refractivity contribution in [3.8, 4) is 6.07 Å². The molecular formula is C36H44F2N8. The molecule has 0 saturated carbocycles. The monoisotopic (exact) mass is 626 g/mol. The maximum Gasteiger partial charge on any atom is 0.159 e. The van der Waals surface area contributed by atoms with E-state index in [4.69, 9.17) is 16.5 Å². The number of nitrogens with zero attached hydrogens (tertiary/aromatic N) is 4. The molecule has 1 unspecified atom stereocenters. The Kier molecular flexibility index (Phi) is 14.2. The van der Waals surface area contributed by atoms with Gasteiger partial charge >= 0.3 is 0 Å². The third-order valence-corrected chi connectivity index (χ3v) is 7.34. The van der Waals surface area contributed by atoms with E-state index >= 15 is 0 Å². The summed E-state index contributed by atoms with van der Waals surface area (Å²) in [5, 5.41) is 16.2. The first-order valence-corrected chi connectivity index (χ1v) is 15.6. The molecule has 1 aliphatic heterocycles. The molecule has 6 N–H and O–H groups in total. The third-order valence-electron chi connectivity index (χ3n) is 7.34. The fourth-order valence-corrected chi connectivity index (χ4v) is 4.99. The van der Waals surface area contributed by atoms with Gasteiger partial charge in [0, 0.05) is 17.8 Å². The lowest BCUT2D eigenvalue weighted by Gasteiger charge is -2.15. The van der Waals surface area contributed by atoms with Crippen LogP contribution in [0.4, 0.5) is 14.6 Å². The van der Waals surface area contributed by atoms with Gasteiger partial charge in [-0.25, -0.2) is 18.7 Å². The van der Waals surface area contributed by atoms with Crippen molar-refractivity contribution >= 4 is 22.8 Å². The highest BCUT2D eigenvalue weighted by molar-refractivity contribution is 6.01. The number of hydrogen-bond acceptors (Lipinski definition) is 8. The smallest absolute Gasteiger partial charge is 0.159 e. The van der Waals surface area contributed by atoms with E-state index < -0.39 is 11.6 Å². The quantitative estimate of drug-likeness (QED) is 0.164. The Labute approximate surface area is 271 Å². The average Bonchev–Trinajstić information content (AvgIpc) is 3.58. The van der Waals surface area contributed by atoms with Gasteiger partial charge in [-0.3, -0.25) is 4.99 Å². The molecule has 0 aliphatic carbocycles. The highest BCUT2D eigenvalue weighted by Crippen LogP contribution is 2.29. The fourth-order valence-electron chi connectivity index (χ4n) is 4.99. The predicted octanol–water partition coefficient (Wildman–Crippen LogP) is 6.71. The standard InChI is InChI=1S/C34H37F2N7.C2H7N/c1-4-6-28(26-12-13-29(35)30(36)17-26)33-34(41-21-27(18-37)42-33)40-20-23-7-10-25(11-8-23)31(5-2)43-32(22(3)38)14-9-24-15-16-39-19-24;1-2-3/h5-8,10-13,17,21,24,39H,3-4,9,14-16,19-20,38H2,1-2H3,(H,40,41);2-3H2,1H3/b28-6?,31-5-,43-32?;. The number of hydrogen-bond donors (Lipinski definition) is 4. The van der Waals surface area contributed by atoms with Crippen molar-refractivity contribution in [3.05, 3.63) is 113 Å². The summed E-state index contributed by atoms with van der Waals surface area (Å²) in [5.74, 6) is -0.833. The molecule has 10 heteroatoms. The van der Waals surface area contributed by atoms with Gasteiger partial charge in [-0.2, -0.15) is 5.26 Å². The molecular weight excluding hydrogens is 582 g/mol. The van der Waals surface area contributed by atoms with Crippen molar-refractivity contribution in [1.82, 2.24) is 15.3 Å². The van der Waals surface area contributed by atoms with E-state index in [1.54, 1.807) is 0 Å². The first-order valence-electron chi connectivity index (χ1n) is 15.6. The zero-order chi connectivity index (χ0) is 33.5. The van der Waals surface area contributed by atoms with Gasteiger partial charge in [-0.1, -0.05) is 62.9 Å². The van der Waals surface area contributed by atoms with Crippen LogP contribution in [0.1, 0.15) is 74.5 Å². The van der Waals surface area contributed by atoms with E-state index in [1.165, 1.54) is 18.7 Å². The molecule has 2 aromatic carbocycles. The summed E-state index contributed by atoms with van der Waals surface area (Å²) in [4.78, 5) is 13.8. The number of nitrogens with one attached hydrogen (secondary N) is 2. The number of anilines is 1. The summed E-state index contributed by atoms with van der Waals surface area (Å²) in [6, 6.07) is 13.7. The van der Waals surface area contributed by atoms with Gasteiger partial charge in [0.1, 0.15) is 11.8 Å². The van der Waals surface area contributed by atoms with E-state index in [0.717, 1.165) is 67.1 Å². The number of allylic oxidation sites excluding steroid dienone is 3. The number of nitrogens with two attached hydrogens (primary N) is 2. The van der Waals surface area contributed by atoms with Gasteiger partial charge < -0.3 is 22.1 Å². The topological polar surface area (TPSA) is 138 Å². The van der Waals surface area contributed by atoms with Crippen LogP contribution in [0.25, 0.3) is 11.3 Å². The van der Waals surface area contributed by atoms with Crippen molar-refractivity contribution in [3.63, 3.8) is 0 Å². The summed E-state index contributed by atoms with van der Waals surface area (Å²) in [7, 11) is 0. The number of aromatic nitrogens is 2. The molecule has 1 aliphatic rings. The maximum atomic E-state index is 14.1. The number of benzene rings is 2. The first-order chi connectivity index (χ1) is 22.2. The van der Waals surface area contributed by atoms with Crippen LogP contribution in [-0.4, -0.2) is 35.3 Å². The lowest BCUT2D eigenvalue weighted by atomic mass is 9.99. The van der Waals surface area contributed by atoms with Gasteiger partial charge in [-0.15, -0.1) is 0 Å². The molecule has 3 aromatic rings. The van der Waals surface area contributed by atoms with Gasteiger partial charge in [0.15, 0.2) is 23.1 Å². The second-order valence-corrected chi connectivity index (χ2v) is 10.8. The predicted molar refractivity (Wildman–Crippen MR) is 184 cm³/mol. The van der Waals surface area contributed by atoms with Crippen LogP contribution < -0.4 is 22.1 Å². The van der Waals surface area contributed by atoms with Crippen LogP contribution >= 0.6 is 0 Å². The lowest BCUT2D eigenvalue weighted by molar-refractivity contribution is 0.508. The van der Waals surface area contributed by atoms with Crippen LogP contribution in [0.15, 0.2) is 78.1 Å². The SMILES string of the molecule is C=C(N)C(CCC1CCNC1)=N/C(=C\C)c1ccc(CNc2ncc(C#N)nc2C(=CCC)c2ccc(F)c(F)c2)cc1.CCN. The van der Waals surface area contributed by atoms with Crippen molar-refractivity contribution in [1.29, 1.82) is 5.26 Å². The van der Waals surface area contributed by atoms with E-state index in [-0.39, 0.29) is 5.69 Å². The summed E-state index contributed by atoms with van der Waals surface area (Å²) < 4.78 is 27.8. The van der Waals surface area contributed by atoms with Crippen molar-refractivity contribution in [2.75, 3.05) is 25.0 Å². The number of rotatable bonds is 12. The highest BCUT2D eigenvalue weighted by atomic mass is 19.2. The van der Waals surface area contributed by atoms with E-state index in [0.29, 0.717) is 47.2 Å². The van der Waals surface area contributed by atoms with Gasteiger partial charge in [0.05, 0.1) is 17.6 Å².